The Morgan fingerprint density at radius 2 is 1.81 bits per heavy atom. The molecule has 0 fully saturated rings. The number of hydrogen-bond acceptors (Lipinski definition) is 4. The van der Waals surface area contributed by atoms with Gasteiger partial charge in [0.15, 0.2) is 0 Å². The first kappa shape index (κ1) is 19.1. The van der Waals surface area contributed by atoms with Crippen molar-refractivity contribution in [2.45, 2.75) is 20.8 Å². The van der Waals surface area contributed by atoms with Gasteiger partial charge in [-0.3, -0.25) is 14.9 Å². The van der Waals surface area contributed by atoms with Gasteiger partial charge in [0, 0.05) is 32.8 Å². The van der Waals surface area contributed by atoms with E-state index in [0.29, 0.717) is 5.57 Å². The van der Waals surface area contributed by atoms with Gasteiger partial charge in [0.2, 0.25) is 11.8 Å². The summed E-state index contributed by atoms with van der Waals surface area (Å²) < 4.78 is 0. The quantitative estimate of drug-likeness (QED) is 0.665. The number of allylic oxidation sites excluding steroid dienone is 2. The summed E-state index contributed by atoms with van der Waals surface area (Å²) in [4.78, 5) is 24.9. The SMILES string of the molecule is C=C(/C=C\C(=C)C(C)(C)C(=O)NC(C)=O)N(C)CCNC. The minimum atomic E-state index is -0.855. The predicted octanol–water partition coefficient (Wildman–Crippen LogP) is 1.45. The van der Waals surface area contributed by atoms with Gasteiger partial charge in [-0.2, -0.15) is 0 Å². The smallest absolute Gasteiger partial charge is 0.236 e. The molecule has 0 saturated heterocycles. The summed E-state index contributed by atoms with van der Waals surface area (Å²) in [7, 11) is 3.84. The van der Waals surface area contributed by atoms with Gasteiger partial charge in [0.1, 0.15) is 0 Å². The van der Waals surface area contributed by atoms with E-state index in [4.69, 9.17) is 0 Å². The lowest BCUT2D eigenvalue weighted by Crippen LogP contribution is -2.40. The van der Waals surface area contributed by atoms with Gasteiger partial charge >= 0.3 is 0 Å². The molecule has 0 spiro atoms. The zero-order valence-corrected chi connectivity index (χ0v) is 13.7. The summed E-state index contributed by atoms with van der Waals surface area (Å²) in [6, 6.07) is 0. The van der Waals surface area contributed by atoms with Gasteiger partial charge in [0.05, 0.1) is 5.41 Å². The molecule has 0 aliphatic heterocycles. The van der Waals surface area contributed by atoms with Crippen LogP contribution in [0.1, 0.15) is 20.8 Å². The van der Waals surface area contributed by atoms with E-state index in [1.165, 1.54) is 6.92 Å². The molecule has 0 aliphatic carbocycles. The third kappa shape index (κ3) is 6.40. The highest BCUT2D eigenvalue weighted by molar-refractivity contribution is 5.98. The summed E-state index contributed by atoms with van der Waals surface area (Å²) in [5.74, 6) is -0.736. The molecule has 2 N–H and O–H groups in total. The second kappa shape index (κ2) is 8.42. The Morgan fingerprint density at radius 1 is 1.24 bits per heavy atom. The number of likely N-dealkylation sites (N-methyl/N-ethyl adjacent to an activating group) is 2. The van der Waals surface area contributed by atoms with E-state index in [-0.39, 0.29) is 11.8 Å². The first-order valence-electron chi connectivity index (χ1n) is 6.87. The Labute approximate surface area is 127 Å². The fourth-order valence-corrected chi connectivity index (χ4v) is 1.42. The van der Waals surface area contributed by atoms with Crippen molar-refractivity contribution < 1.29 is 9.59 Å². The monoisotopic (exact) mass is 293 g/mol. The van der Waals surface area contributed by atoms with Gasteiger partial charge < -0.3 is 10.2 Å². The number of carbonyl (C=O) groups is 2. The number of carbonyl (C=O) groups excluding carboxylic acids is 2. The molecule has 0 rings (SSSR count). The second-order valence-corrected chi connectivity index (χ2v) is 5.51. The third-order valence-corrected chi connectivity index (χ3v) is 3.32. The molecule has 5 nitrogen and oxygen atoms in total. The molecule has 2 amide bonds. The normalized spacial score (nSPS) is 11.3. The Kier molecular flexibility index (Phi) is 7.66. The van der Waals surface area contributed by atoms with E-state index in [1.54, 1.807) is 19.9 Å². The maximum absolute atomic E-state index is 12.0. The number of nitrogens with zero attached hydrogens (tertiary/aromatic N) is 1. The molecule has 0 radical (unpaired) electrons. The van der Waals surface area contributed by atoms with Crippen LogP contribution < -0.4 is 10.6 Å². The minimum absolute atomic E-state index is 0.362. The van der Waals surface area contributed by atoms with Crippen LogP contribution in [0.3, 0.4) is 0 Å². The summed E-state index contributed by atoms with van der Waals surface area (Å²) in [5, 5.41) is 5.36. The fraction of sp³-hybridized carbons (Fsp3) is 0.500. The lowest BCUT2D eigenvalue weighted by molar-refractivity contribution is -0.133. The molecule has 0 aromatic heterocycles. The van der Waals surface area contributed by atoms with E-state index in [1.807, 2.05) is 25.1 Å². The summed E-state index contributed by atoms with van der Waals surface area (Å²) in [6.07, 6.45) is 3.58. The van der Waals surface area contributed by atoms with Crippen LogP contribution in [0.5, 0.6) is 0 Å². The van der Waals surface area contributed by atoms with Gasteiger partial charge in [-0.15, -0.1) is 0 Å². The van der Waals surface area contributed by atoms with Crippen LogP contribution >= 0.6 is 0 Å². The zero-order chi connectivity index (χ0) is 16.6. The van der Waals surface area contributed by atoms with Crippen LogP contribution in [0.2, 0.25) is 0 Å². The highest BCUT2D eigenvalue weighted by Gasteiger charge is 2.30. The molecule has 0 unspecified atom stereocenters. The van der Waals surface area contributed by atoms with Gasteiger partial charge in [-0.05, 0) is 32.5 Å². The molecule has 0 aliphatic rings. The molecular formula is C16H27N3O2. The average Bonchev–Trinajstić information content (AvgIpc) is 2.40. The highest BCUT2D eigenvalue weighted by atomic mass is 16.2. The van der Waals surface area contributed by atoms with Crippen molar-refractivity contribution in [3.63, 3.8) is 0 Å². The summed E-state index contributed by atoms with van der Waals surface area (Å²) >= 11 is 0. The molecule has 21 heavy (non-hydrogen) atoms. The van der Waals surface area contributed by atoms with Crippen LogP contribution in [0.25, 0.3) is 0 Å². The van der Waals surface area contributed by atoms with Crippen LogP contribution in [-0.2, 0) is 9.59 Å². The second-order valence-electron chi connectivity index (χ2n) is 5.51. The Balaban J connectivity index is 4.72. The largest absolute Gasteiger partial charge is 0.374 e. The van der Waals surface area contributed by atoms with Crippen LogP contribution in [0.15, 0.2) is 36.6 Å². The van der Waals surface area contributed by atoms with Crippen molar-refractivity contribution in [1.82, 2.24) is 15.5 Å². The minimum Gasteiger partial charge on any atom is -0.374 e. The van der Waals surface area contributed by atoms with Crippen LogP contribution in [0, 0.1) is 5.41 Å². The van der Waals surface area contributed by atoms with Crippen molar-refractivity contribution in [2.75, 3.05) is 27.2 Å². The van der Waals surface area contributed by atoms with E-state index < -0.39 is 5.41 Å². The molecule has 0 aromatic rings. The van der Waals surface area contributed by atoms with Crippen molar-refractivity contribution in [2.24, 2.45) is 5.41 Å². The van der Waals surface area contributed by atoms with Crippen molar-refractivity contribution >= 4 is 11.8 Å². The highest BCUT2D eigenvalue weighted by Crippen LogP contribution is 2.26. The fourth-order valence-electron chi connectivity index (χ4n) is 1.42. The lowest BCUT2D eigenvalue weighted by atomic mass is 9.83. The number of hydrogen-bond donors (Lipinski definition) is 2. The molecule has 0 bridgehead atoms. The average molecular weight is 293 g/mol. The number of rotatable bonds is 8. The molecule has 0 atom stereocenters. The number of nitrogens with one attached hydrogen (secondary N) is 2. The van der Waals surface area contributed by atoms with Gasteiger partial charge in [0.25, 0.3) is 0 Å². The lowest BCUT2D eigenvalue weighted by Gasteiger charge is -2.24. The van der Waals surface area contributed by atoms with Crippen molar-refractivity contribution in [1.29, 1.82) is 0 Å². The van der Waals surface area contributed by atoms with Gasteiger partial charge in [-0.25, -0.2) is 0 Å². The van der Waals surface area contributed by atoms with E-state index in [0.717, 1.165) is 18.8 Å². The van der Waals surface area contributed by atoms with Gasteiger partial charge in [-0.1, -0.05) is 19.2 Å². The van der Waals surface area contributed by atoms with Crippen molar-refractivity contribution in [3.8, 4) is 0 Å². The molecule has 0 heterocycles. The Bertz CT molecular complexity index is 450. The van der Waals surface area contributed by atoms with Crippen LogP contribution in [-0.4, -0.2) is 43.9 Å². The molecule has 118 valence electrons. The maximum Gasteiger partial charge on any atom is 0.236 e. The van der Waals surface area contributed by atoms with E-state index in [9.17, 15) is 9.59 Å². The molecule has 5 heteroatoms. The topological polar surface area (TPSA) is 61.4 Å². The standard InChI is InChI=1S/C16H27N3O2/c1-12(16(4,5)15(21)18-14(3)20)8-9-13(2)19(7)11-10-17-6/h8-9,17H,1-2,10-11H2,3-7H3,(H,18,20,21)/b9-8-. The first-order valence-corrected chi connectivity index (χ1v) is 6.87. The van der Waals surface area contributed by atoms with Crippen molar-refractivity contribution in [3.05, 3.63) is 36.6 Å². The summed E-state index contributed by atoms with van der Waals surface area (Å²) in [5.41, 5.74) is 0.588. The first-order chi connectivity index (χ1) is 9.62. The maximum atomic E-state index is 12.0. The van der Waals surface area contributed by atoms with E-state index in [2.05, 4.69) is 23.8 Å². The molecule has 0 saturated carbocycles. The zero-order valence-electron chi connectivity index (χ0n) is 13.7. The Morgan fingerprint density at radius 3 is 2.29 bits per heavy atom. The summed E-state index contributed by atoms with van der Waals surface area (Å²) in [6.45, 7) is 14.3. The third-order valence-electron chi connectivity index (χ3n) is 3.32. The Hall–Kier alpha value is -1.88. The number of imide groups is 1. The predicted molar refractivity (Wildman–Crippen MR) is 86.6 cm³/mol. The molecular weight excluding hydrogens is 266 g/mol. The number of amides is 2. The van der Waals surface area contributed by atoms with E-state index >= 15 is 0 Å². The van der Waals surface area contributed by atoms with Crippen LogP contribution in [0.4, 0.5) is 0 Å². The molecule has 0 aromatic carbocycles.